The first-order valence-corrected chi connectivity index (χ1v) is 6.93. The molecular formula is C16H21FO. The quantitative estimate of drug-likeness (QED) is 0.708. The van der Waals surface area contributed by atoms with Gasteiger partial charge in [0.15, 0.2) is 5.78 Å². The third-order valence-electron chi connectivity index (χ3n) is 3.86. The van der Waals surface area contributed by atoms with Gasteiger partial charge in [-0.15, -0.1) is 0 Å². The van der Waals surface area contributed by atoms with Crippen LogP contribution in [0.5, 0.6) is 0 Å². The molecule has 1 fully saturated rings. The molecule has 18 heavy (non-hydrogen) atoms. The van der Waals surface area contributed by atoms with E-state index in [1.54, 1.807) is 6.07 Å². The van der Waals surface area contributed by atoms with Gasteiger partial charge in [0.05, 0.1) is 5.56 Å². The van der Waals surface area contributed by atoms with Crippen molar-refractivity contribution in [3.63, 3.8) is 0 Å². The molecular weight excluding hydrogens is 227 g/mol. The van der Waals surface area contributed by atoms with Gasteiger partial charge < -0.3 is 0 Å². The number of carbonyl (C=O) groups excluding carboxylic acids is 1. The first-order chi connectivity index (χ1) is 8.59. The lowest BCUT2D eigenvalue weighted by Gasteiger charge is -2.22. The predicted molar refractivity (Wildman–Crippen MR) is 71.4 cm³/mol. The number of ketones is 1. The second-order valence-electron chi connectivity index (χ2n) is 5.59. The standard InChI is InChI=1S/C16H21FO/c1-11(2)16(18)14-10-13(8-9-15(14)17)12-6-4-3-5-7-12/h8-12H,3-7H2,1-2H3. The van der Waals surface area contributed by atoms with Crippen molar-refractivity contribution in [3.05, 3.63) is 35.1 Å². The Morgan fingerprint density at radius 1 is 1.22 bits per heavy atom. The third kappa shape index (κ3) is 2.80. The largest absolute Gasteiger partial charge is 0.294 e. The number of hydrogen-bond acceptors (Lipinski definition) is 1. The van der Waals surface area contributed by atoms with Gasteiger partial charge in [0.1, 0.15) is 5.82 Å². The molecule has 0 spiro atoms. The molecule has 0 N–H and O–H groups in total. The number of rotatable bonds is 3. The maximum absolute atomic E-state index is 13.7. The Hall–Kier alpha value is -1.18. The smallest absolute Gasteiger partial charge is 0.168 e. The molecule has 0 radical (unpaired) electrons. The topological polar surface area (TPSA) is 17.1 Å². The van der Waals surface area contributed by atoms with Crippen LogP contribution in [-0.2, 0) is 0 Å². The molecule has 0 saturated heterocycles. The normalized spacial score (nSPS) is 17.1. The van der Waals surface area contributed by atoms with E-state index in [4.69, 9.17) is 0 Å². The second kappa shape index (κ2) is 5.64. The monoisotopic (exact) mass is 248 g/mol. The summed E-state index contributed by atoms with van der Waals surface area (Å²) >= 11 is 0. The van der Waals surface area contributed by atoms with Crippen molar-refractivity contribution in [1.82, 2.24) is 0 Å². The molecule has 0 aliphatic heterocycles. The highest BCUT2D eigenvalue weighted by molar-refractivity contribution is 5.97. The Kier molecular flexibility index (Phi) is 4.15. The lowest BCUT2D eigenvalue weighted by Crippen LogP contribution is -2.12. The molecule has 98 valence electrons. The van der Waals surface area contributed by atoms with Gasteiger partial charge in [-0.05, 0) is 36.5 Å². The lowest BCUT2D eigenvalue weighted by atomic mass is 9.83. The van der Waals surface area contributed by atoms with Crippen LogP contribution in [-0.4, -0.2) is 5.78 Å². The first kappa shape index (κ1) is 13.3. The van der Waals surface area contributed by atoms with Crippen LogP contribution in [0.1, 0.15) is 67.8 Å². The van der Waals surface area contributed by atoms with E-state index in [0.717, 1.165) is 5.56 Å². The molecule has 1 nitrogen and oxygen atoms in total. The van der Waals surface area contributed by atoms with Crippen LogP contribution in [0.15, 0.2) is 18.2 Å². The van der Waals surface area contributed by atoms with Crippen LogP contribution in [0.2, 0.25) is 0 Å². The molecule has 1 saturated carbocycles. The molecule has 1 aliphatic carbocycles. The van der Waals surface area contributed by atoms with Gasteiger partial charge in [0, 0.05) is 5.92 Å². The molecule has 0 aromatic heterocycles. The highest BCUT2D eigenvalue weighted by atomic mass is 19.1. The number of hydrogen-bond donors (Lipinski definition) is 0. The van der Waals surface area contributed by atoms with Crippen LogP contribution in [0.3, 0.4) is 0 Å². The SMILES string of the molecule is CC(C)C(=O)c1cc(C2CCCCC2)ccc1F. The highest BCUT2D eigenvalue weighted by Gasteiger charge is 2.20. The second-order valence-corrected chi connectivity index (χ2v) is 5.59. The number of halogens is 1. The third-order valence-corrected chi connectivity index (χ3v) is 3.86. The minimum Gasteiger partial charge on any atom is -0.294 e. The predicted octanol–water partition coefficient (Wildman–Crippen LogP) is 4.71. The van der Waals surface area contributed by atoms with Crippen molar-refractivity contribution >= 4 is 5.78 Å². The van der Waals surface area contributed by atoms with E-state index in [-0.39, 0.29) is 23.1 Å². The zero-order chi connectivity index (χ0) is 13.1. The molecule has 0 unspecified atom stereocenters. The van der Waals surface area contributed by atoms with Gasteiger partial charge in [-0.3, -0.25) is 4.79 Å². The first-order valence-electron chi connectivity index (χ1n) is 6.93. The molecule has 1 aliphatic rings. The van der Waals surface area contributed by atoms with Gasteiger partial charge in [-0.25, -0.2) is 4.39 Å². The molecule has 2 heteroatoms. The maximum atomic E-state index is 13.7. The van der Waals surface area contributed by atoms with Crippen LogP contribution >= 0.6 is 0 Å². The zero-order valence-corrected chi connectivity index (χ0v) is 11.2. The summed E-state index contributed by atoms with van der Waals surface area (Å²) in [5.74, 6) is -0.113. The average molecular weight is 248 g/mol. The Labute approximate surface area is 108 Å². The fourth-order valence-electron chi connectivity index (χ4n) is 2.73. The van der Waals surface area contributed by atoms with E-state index >= 15 is 0 Å². The van der Waals surface area contributed by atoms with Crippen molar-refractivity contribution in [2.45, 2.75) is 51.9 Å². The van der Waals surface area contributed by atoms with E-state index in [1.807, 2.05) is 19.9 Å². The van der Waals surface area contributed by atoms with Gasteiger partial charge in [-0.1, -0.05) is 39.2 Å². The van der Waals surface area contributed by atoms with Crippen LogP contribution < -0.4 is 0 Å². The molecule has 0 atom stereocenters. The molecule has 1 aromatic carbocycles. The summed E-state index contributed by atoms with van der Waals surface area (Å²) in [6, 6.07) is 5.09. The zero-order valence-electron chi connectivity index (χ0n) is 11.2. The van der Waals surface area contributed by atoms with Gasteiger partial charge in [-0.2, -0.15) is 0 Å². The number of carbonyl (C=O) groups is 1. The van der Waals surface area contributed by atoms with Crippen molar-refractivity contribution in [3.8, 4) is 0 Å². The van der Waals surface area contributed by atoms with Gasteiger partial charge in [0.25, 0.3) is 0 Å². The fraction of sp³-hybridized carbons (Fsp3) is 0.562. The minimum atomic E-state index is -0.381. The highest BCUT2D eigenvalue weighted by Crippen LogP contribution is 2.33. The van der Waals surface area contributed by atoms with Gasteiger partial charge in [0.2, 0.25) is 0 Å². The van der Waals surface area contributed by atoms with Crippen LogP contribution in [0.25, 0.3) is 0 Å². The van der Waals surface area contributed by atoms with Crippen molar-refractivity contribution in [2.75, 3.05) is 0 Å². The van der Waals surface area contributed by atoms with E-state index in [0.29, 0.717) is 5.92 Å². The molecule has 1 aromatic rings. The summed E-state index contributed by atoms with van der Waals surface area (Å²) in [6.07, 6.45) is 6.13. The van der Waals surface area contributed by atoms with Crippen molar-refractivity contribution < 1.29 is 9.18 Å². The summed E-state index contributed by atoms with van der Waals surface area (Å²) in [5, 5.41) is 0. The fourth-order valence-corrected chi connectivity index (χ4v) is 2.73. The average Bonchev–Trinajstić information content (AvgIpc) is 2.39. The Bertz CT molecular complexity index is 431. The maximum Gasteiger partial charge on any atom is 0.168 e. The van der Waals surface area contributed by atoms with E-state index in [9.17, 15) is 9.18 Å². The summed E-state index contributed by atoms with van der Waals surface area (Å²) in [4.78, 5) is 12.0. The Balaban J connectivity index is 2.28. The van der Waals surface area contributed by atoms with Crippen LogP contribution in [0, 0.1) is 11.7 Å². The number of Topliss-reactive ketones (excluding diaryl/α,β-unsaturated/α-hetero) is 1. The Morgan fingerprint density at radius 2 is 1.89 bits per heavy atom. The molecule has 0 amide bonds. The molecule has 0 bridgehead atoms. The summed E-state index contributed by atoms with van der Waals surface area (Å²) in [7, 11) is 0. The van der Waals surface area contributed by atoms with Crippen molar-refractivity contribution in [2.24, 2.45) is 5.92 Å². The lowest BCUT2D eigenvalue weighted by molar-refractivity contribution is 0.0935. The number of benzene rings is 1. The molecule has 2 rings (SSSR count). The Morgan fingerprint density at radius 3 is 2.50 bits per heavy atom. The van der Waals surface area contributed by atoms with Crippen LogP contribution in [0.4, 0.5) is 4.39 Å². The summed E-state index contributed by atoms with van der Waals surface area (Å²) in [5.41, 5.74) is 1.41. The van der Waals surface area contributed by atoms with E-state index in [2.05, 4.69) is 0 Å². The van der Waals surface area contributed by atoms with Crippen molar-refractivity contribution in [1.29, 1.82) is 0 Å². The molecule has 0 heterocycles. The van der Waals surface area contributed by atoms with E-state index < -0.39 is 0 Å². The minimum absolute atomic E-state index is 0.0924. The summed E-state index contributed by atoms with van der Waals surface area (Å²) in [6.45, 7) is 3.63. The van der Waals surface area contributed by atoms with Gasteiger partial charge >= 0.3 is 0 Å². The summed E-state index contributed by atoms with van der Waals surface area (Å²) < 4.78 is 13.7. The van der Waals surface area contributed by atoms with E-state index in [1.165, 1.54) is 38.2 Å².